The van der Waals surface area contributed by atoms with Crippen molar-refractivity contribution < 1.29 is 9.47 Å². The highest BCUT2D eigenvalue weighted by molar-refractivity contribution is 5.20. The van der Waals surface area contributed by atoms with Crippen LogP contribution in [0.25, 0.3) is 0 Å². The van der Waals surface area contributed by atoms with Crippen molar-refractivity contribution in [3.8, 4) is 0 Å². The Morgan fingerprint density at radius 1 is 0.759 bits per heavy atom. The van der Waals surface area contributed by atoms with E-state index in [0.717, 1.165) is 6.61 Å². The van der Waals surface area contributed by atoms with Gasteiger partial charge >= 0.3 is 0 Å². The lowest BCUT2D eigenvalue weighted by Gasteiger charge is -2.33. The van der Waals surface area contributed by atoms with E-state index in [1.807, 2.05) is 0 Å². The summed E-state index contributed by atoms with van der Waals surface area (Å²) < 4.78 is 12.8. The van der Waals surface area contributed by atoms with Gasteiger partial charge in [-0.1, -0.05) is 60.7 Å². The van der Waals surface area contributed by atoms with Crippen LogP contribution < -0.4 is 5.32 Å². The Labute approximate surface area is 174 Å². The lowest BCUT2D eigenvalue weighted by Crippen LogP contribution is -2.39. The average Bonchev–Trinajstić information content (AvgIpc) is 3.01. The van der Waals surface area contributed by atoms with Gasteiger partial charge in [-0.3, -0.25) is 0 Å². The van der Waals surface area contributed by atoms with Gasteiger partial charge in [0.15, 0.2) is 0 Å². The van der Waals surface area contributed by atoms with Gasteiger partial charge in [-0.05, 0) is 55.6 Å². The third-order valence-corrected chi connectivity index (χ3v) is 7.32. The van der Waals surface area contributed by atoms with Gasteiger partial charge in [0, 0.05) is 12.0 Å². The molecule has 1 aliphatic heterocycles. The van der Waals surface area contributed by atoms with Crippen LogP contribution in [-0.2, 0) is 16.1 Å². The molecule has 154 valence electrons. The average molecular weight is 392 g/mol. The fraction of sp³-hybridized carbons (Fsp3) is 0.538. The smallest absolute Gasteiger partial charge is 0.0798 e. The Hall–Kier alpha value is -1.68. The SMILES string of the molecule is c1ccc(CO[C@H]2[C@H]3CC[C@H]3N[C@H]2COC2CCC(c3ccccc3)CC2)cc1. The van der Waals surface area contributed by atoms with Crippen LogP contribution in [0.2, 0.25) is 0 Å². The molecule has 2 aromatic rings. The first kappa shape index (κ1) is 19.3. The quantitative estimate of drug-likeness (QED) is 0.715. The number of ether oxygens (including phenoxy) is 2. The fourth-order valence-corrected chi connectivity index (χ4v) is 5.47. The molecule has 1 saturated heterocycles. The minimum absolute atomic E-state index is 0.287. The first-order chi connectivity index (χ1) is 14.4. The lowest BCUT2D eigenvalue weighted by molar-refractivity contribution is -0.0446. The maximum absolute atomic E-state index is 6.42. The number of rotatable bonds is 7. The number of benzene rings is 2. The summed E-state index contributed by atoms with van der Waals surface area (Å²) in [5.74, 6) is 1.37. The fourth-order valence-electron chi connectivity index (χ4n) is 5.47. The molecule has 2 saturated carbocycles. The zero-order chi connectivity index (χ0) is 19.5. The van der Waals surface area contributed by atoms with Crippen LogP contribution in [0, 0.1) is 5.92 Å². The molecule has 3 nitrogen and oxygen atoms in total. The van der Waals surface area contributed by atoms with E-state index in [4.69, 9.17) is 9.47 Å². The van der Waals surface area contributed by atoms with Gasteiger partial charge in [0.25, 0.3) is 0 Å². The third kappa shape index (κ3) is 4.42. The highest BCUT2D eigenvalue weighted by Crippen LogP contribution is 2.40. The molecule has 3 fully saturated rings. The van der Waals surface area contributed by atoms with E-state index >= 15 is 0 Å². The van der Waals surface area contributed by atoms with E-state index < -0.39 is 0 Å². The topological polar surface area (TPSA) is 30.5 Å². The second kappa shape index (κ2) is 8.99. The monoisotopic (exact) mass is 391 g/mol. The Balaban J connectivity index is 1.11. The molecule has 5 rings (SSSR count). The minimum Gasteiger partial charge on any atom is -0.376 e. The van der Waals surface area contributed by atoms with Crippen LogP contribution in [0.15, 0.2) is 60.7 Å². The van der Waals surface area contributed by atoms with E-state index in [0.29, 0.717) is 36.6 Å². The maximum atomic E-state index is 6.42. The van der Waals surface area contributed by atoms with Crippen molar-refractivity contribution in [1.29, 1.82) is 0 Å². The Kier molecular flexibility index (Phi) is 5.98. The van der Waals surface area contributed by atoms with Crippen LogP contribution in [0.1, 0.15) is 55.6 Å². The second-order valence-electron chi connectivity index (χ2n) is 9.10. The number of fused-ring (bicyclic) bond motifs is 1. The number of nitrogens with one attached hydrogen (secondary N) is 1. The zero-order valence-electron chi connectivity index (χ0n) is 17.2. The van der Waals surface area contributed by atoms with Crippen molar-refractivity contribution in [2.24, 2.45) is 5.92 Å². The summed E-state index contributed by atoms with van der Waals surface area (Å²) in [6.45, 7) is 1.49. The van der Waals surface area contributed by atoms with Crippen LogP contribution in [0.4, 0.5) is 0 Å². The van der Waals surface area contributed by atoms with Crippen LogP contribution in [0.3, 0.4) is 0 Å². The molecule has 3 heteroatoms. The van der Waals surface area contributed by atoms with Crippen LogP contribution in [-0.4, -0.2) is 30.9 Å². The van der Waals surface area contributed by atoms with E-state index in [-0.39, 0.29) is 6.10 Å². The van der Waals surface area contributed by atoms with E-state index in [1.165, 1.54) is 49.7 Å². The summed E-state index contributed by atoms with van der Waals surface area (Å²) in [5, 5.41) is 3.80. The van der Waals surface area contributed by atoms with E-state index in [1.54, 1.807) is 0 Å². The summed E-state index contributed by atoms with van der Waals surface area (Å²) in [5.41, 5.74) is 2.75. The highest BCUT2D eigenvalue weighted by atomic mass is 16.5. The molecule has 0 radical (unpaired) electrons. The minimum atomic E-state index is 0.287. The third-order valence-electron chi connectivity index (χ3n) is 7.32. The molecule has 0 unspecified atom stereocenters. The molecular formula is C26H33NO2. The number of hydrogen-bond donors (Lipinski definition) is 1. The Morgan fingerprint density at radius 3 is 2.17 bits per heavy atom. The molecule has 0 amide bonds. The van der Waals surface area contributed by atoms with Gasteiger partial charge in [-0.2, -0.15) is 0 Å². The molecule has 1 N–H and O–H groups in total. The lowest BCUT2D eigenvalue weighted by atomic mass is 9.78. The first-order valence-electron chi connectivity index (χ1n) is 11.4. The highest BCUT2D eigenvalue weighted by Gasteiger charge is 2.48. The molecule has 4 atom stereocenters. The Morgan fingerprint density at radius 2 is 1.48 bits per heavy atom. The summed E-state index contributed by atoms with van der Waals surface area (Å²) in [6, 6.07) is 22.5. The van der Waals surface area contributed by atoms with Gasteiger partial charge in [-0.15, -0.1) is 0 Å². The Bertz CT molecular complexity index is 757. The van der Waals surface area contributed by atoms with Crippen molar-refractivity contribution in [2.45, 2.75) is 75.3 Å². The number of hydrogen-bond acceptors (Lipinski definition) is 3. The van der Waals surface area contributed by atoms with E-state index in [2.05, 4.69) is 66.0 Å². The van der Waals surface area contributed by atoms with Gasteiger partial charge in [0.1, 0.15) is 0 Å². The van der Waals surface area contributed by atoms with Crippen molar-refractivity contribution in [3.63, 3.8) is 0 Å². The van der Waals surface area contributed by atoms with Crippen molar-refractivity contribution >= 4 is 0 Å². The summed E-state index contributed by atoms with van der Waals surface area (Å²) in [7, 11) is 0. The largest absolute Gasteiger partial charge is 0.376 e. The van der Waals surface area contributed by atoms with Crippen LogP contribution in [0.5, 0.6) is 0 Å². The van der Waals surface area contributed by atoms with Crippen molar-refractivity contribution in [1.82, 2.24) is 5.32 Å². The molecule has 0 aromatic heterocycles. The summed E-state index contributed by atoms with van der Waals surface area (Å²) in [6.07, 6.45) is 8.10. The summed E-state index contributed by atoms with van der Waals surface area (Å²) >= 11 is 0. The molecule has 1 heterocycles. The van der Waals surface area contributed by atoms with Gasteiger partial charge in [-0.25, -0.2) is 0 Å². The van der Waals surface area contributed by atoms with Gasteiger partial charge in [0.2, 0.25) is 0 Å². The molecular weight excluding hydrogens is 358 g/mol. The van der Waals surface area contributed by atoms with Gasteiger partial charge in [0.05, 0.1) is 31.5 Å². The predicted molar refractivity (Wildman–Crippen MR) is 116 cm³/mol. The normalized spacial score (nSPS) is 33.8. The molecule has 2 aromatic carbocycles. The maximum Gasteiger partial charge on any atom is 0.0798 e. The zero-order valence-corrected chi connectivity index (χ0v) is 17.2. The summed E-state index contributed by atoms with van der Waals surface area (Å²) in [4.78, 5) is 0. The van der Waals surface area contributed by atoms with Gasteiger partial charge < -0.3 is 14.8 Å². The molecule has 3 aliphatic rings. The van der Waals surface area contributed by atoms with Crippen molar-refractivity contribution in [2.75, 3.05) is 6.61 Å². The van der Waals surface area contributed by atoms with Crippen molar-refractivity contribution in [3.05, 3.63) is 71.8 Å². The second-order valence-corrected chi connectivity index (χ2v) is 9.10. The molecule has 0 bridgehead atoms. The molecule has 0 spiro atoms. The molecule has 2 aliphatic carbocycles. The van der Waals surface area contributed by atoms with Crippen LogP contribution >= 0.6 is 0 Å². The van der Waals surface area contributed by atoms with E-state index in [9.17, 15) is 0 Å². The first-order valence-corrected chi connectivity index (χ1v) is 11.4. The standard InChI is InChI=1S/C26H33NO2/c1-3-7-19(8-4-1)17-29-26-23-15-16-24(23)27-25(26)18-28-22-13-11-21(12-14-22)20-9-5-2-6-10-20/h1-10,21-27H,11-18H2/t21?,22?,23-,24+,25-,26-/m0/s1. The molecule has 29 heavy (non-hydrogen) atoms. The predicted octanol–water partition coefficient (Wildman–Crippen LogP) is 5.07.